The molecule has 1 amide bonds. The number of rotatable bonds is 7. The Bertz CT molecular complexity index is 362. The Morgan fingerprint density at radius 3 is 2.68 bits per heavy atom. The molecule has 0 spiro atoms. The summed E-state index contributed by atoms with van der Waals surface area (Å²) in [6.07, 6.45) is 4.06. The molecule has 104 valence electrons. The maximum absolute atomic E-state index is 10.6. The van der Waals surface area contributed by atoms with Gasteiger partial charge in [0, 0.05) is 19.1 Å². The molecule has 0 radical (unpaired) electrons. The highest BCUT2D eigenvalue weighted by Crippen LogP contribution is 2.09. The first-order valence-electron chi connectivity index (χ1n) is 6.99. The van der Waals surface area contributed by atoms with E-state index >= 15 is 0 Å². The maximum atomic E-state index is 10.6. The van der Waals surface area contributed by atoms with Crippen LogP contribution in [0.4, 0.5) is 0 Å². The van der Waals surface area contributed by atoms with Crippen molar-refractivity contribution in [3.8, 4) is 5.75 Å². The van der Waals surface area contributed by atoms with Crippen LogP contribution in [-0.2, 0) is 4.79 Å². The van der Waals surface area contributed by atoms with E-state index < -0.39 is 0 Å². The minimum atomic E-state index is 0.549. The van der Waals surface area contributed by atoms with E-state index in [1.807, 2.05) is 35.2 Å². The highest BCUT2D eigenvalue weighted by Gasteiger charge is 2.16. The van der Waals surface area contributed by atoms with Crippen molar-refractivity contribution >= 4 is 6.41 Å². The lowest BCUT2D eigenvalue weighted by Gasteiger charge is -2.29. The molecule has 19 heavy (non-hydrogen) atoms. The molecule has 2 rings (SSSR count). The van der Waals surface area contributed by atoms with Crippen LogP contribution in [0.5, 0.6) is 5.75 Å². The summed E-state index contributed by atoms with van der Waals surface area (Å²) in [7, 11) is 0. The number of hydrogen-bond acceptors (Lipinski definition) is 3. The van der Waals surface area contributed by atoms with E-state index in [-0.39, 0.29) is 0 Å². The Balaban J connectivity index is 1.52. The van der Waals surface area contributed by atoms with Crippen molar-refractivity contribution in [2.45, 2.75) is 25.3 Å². The monoisotopic (exact) mass is 262 g/mol. The Hall–Kier alpha value is -1.55. The summed E-state index contributed by atoms with van der Waals surface area (Å²) in [5, 5.41) is 3.53. The predicted octanol–water partition coefficient (Wildman–Crippen LogP) is 1.67. The molecule has 1 aromatic carbocycles. The van der Waals surface area contributed by atoms with E-state index in [9.17, 15) is 4.79 Å². The van der Waals surface area contributed by atoms with Crippen molar-refractivity contribution in [3.63, 3.8) is 0 Å². The summed E-state index contributed by atoms with van der Waals surface area (Å²) in [5.74, 6) is 0.932. The number of carbonyl (C=O) groups excluding carboxylic acids is 1. The number of nitrogens with one attached hydrogen (secondary N) is 1. The second-order valence-electron chi connectivity index (χ2n) is 4.88. The van der Waals surface area contributed by atoms with Gasteiger partial charge in [-0.05, 0) is 37.9 Å². The number of piperidine rings is 1. The largest absolute Gasteiger partial charge is 0.494 e. The van der Waals surface area contributed by atoms with E-state index in [0.29, 0.717) is 6.04 Å². The van der Waals surface area contributed by atoms with Crippen molar-refractivity contribution < 1.29 is 9.53 Å². The second kappa shape index (κ2) is 7.79. The molecule has 0 bridgehead atoms. The third-order valence-electron chi connectivity index (χ3n) is 3.44. The molecule has 0 aromatic heterocycles. The third kappa shape index (κ3) is 4.91. The SMILES string of the molecule is O=CN1CCC(NCCCOc2ccccc2)CC1. The molecule has 1 aliphatic rings. The Labute approximate surface area is 114 Å². The van der Waals surface area contributed by atoms with Gasteiger partial charge in [-0.3, -0.25) is 4.79 Å². The number of hydrogen-bond donors (Lipinski definition) is 1. The maximum Gasteiger partial charge on any atom is 0.209 e. The topological polar surface area (TPSA) is 41.6 Å². The number of amides is 1. The molecule has 1 saturated heterocycles. The highest BCUT2D eigenvalue weighted by atomic mass is 16.5. The van der Waals surface area contributed by atoms with Crippen molar-refractivity contribution in [2.24, 2.45) is 0 Å². The Morgan fingerprint density at radius 1 is 1.26 bits per heavy atom. The molecule has 0 unspecified atom stereocenters. The molecule has 0 saturated carbocycles. The smallest absolute Gasteiger partial charge is 0.209 e. The van der Waals surface area contributed by atoms with Gasteiger partial charge in [0.2, 0.25) is 6.41 Å². The molecule has 0 aliphatic carbocycles. The fraction of sp³-hybridized carbons (Fsp3) is 0.533. The normalized spacial score (nSPS) is 16.3. The molecule has 0 atom stereocenters. The Morgan fingerprint density at radius 2 is 2.00 bits per heavy atom. The van der Waals surface area contributed by atoms with Crippen molar-refractivity contribution in [2.75, 3.05) is 26.2 Å². The average molecular weight is 262 g/mol. The fourth-order valence-electron chi connectivity index (χ4n) is 2.29. The van der Waals surface area contributed by atoms with Gasteiger partial charge in [-0.1, -0.05) is 18.2 Å². The first-order chi connectivity index (χ1) is 9.38. The zero-order valence-electron chi connectivity index (χ0n) is 11.3. The standard InChI is InChI=1S/C15H22N2O2/c18-13-17-10-7-14(8-11-17)16-9-4-12-19-15-5-2-1-3-6-15/h1-3,5-6,13-14,16H,4,7-12H2. The third-order valence-corrected chi connectivity index (χ3v) is 3.44. The lowest BCUT2D eigenvalue weighted by atomic mass is 10.1. The number of nitrogens with zero attached hydrogens (tertiary/aromatic N) is 1. The van der Waals surface area contributed by atoms with Crippen LogP contribution >= 0.6 is 0 Å². The quantitative estimate of drug-likeness (QED) is 0.600. The van der Waals surface area contributed by atoms with Crippen LogP contribution in [0, 0.1) is 0 Å². The minimum Gasteiger partial charge on any atom is -0.494 e. The minimum absolute atomic E-state index is 0.549. The number of para-hydroxylation sites is 1. The van der Waals surface area contributed by atoms with E-state index in [0.717, 1.165) is 57.7 Å². The van der Waals surface area contributed by atoms with Crippen LogP contribution in [-0.4, -0.2) is 43.6 Å². The lowest BCUT2D eigenvalue weighted by Crippen LogP contribution is -2.42. The molecule has 1 fully saturated rings. The number of ether oxygens (including phenoxy) is 1. The first kappa shape index (κ1) is 13.9. The number of likely N-dealkylation sites (tertiary alicyclic amines) is 1. The van der Waals surface area contributed by atoms with Crippen LogP contribution in [0.1, 0.15) is 19.3 Å². The molecule has 4 heteroatoms. The van der Waals surface area contributed by atoms with Crippen LogP contribution in [0.15, 0.2) is 30.3 Å². The lowest BCUT2D eigenvalue weighted by molar-refractivity contribution is -0.119. The number of benzene rings is 1. The van der Waals surface area contributed by atoms with Crippen molar-refractivity contribution in [1.29, 1.82) is 0 Å². The molecule has 1 N–H and O–H groups in total. The predicted molar refractivity (Wildman–Crippen MR) is 75.2 cm³/mol. The zero-order valence-corrected chi connectivity index (χ0v) is 11.3. The van der Waals surface area contributed by atoms with Gasteiger partial charge in [0.25, 0.3) is 0 Å². The van der Waals surface area contributed by atoms with E-state index in [4.69, 9.17) is 4.74 Å². The van der Waals surface area contributed by atoms with Gasteiger partial charge in [0.15, 0.2) is 0 Å². The summed E-state index contributed by atoms with van der Waals surface area (Å²) in [5.41, 5.74) is 0. The number of carbonyl (C=O) groups is 1. The van der Waals surface area contributed by atoms with E-state index in [1.165, 1.54) is 0 Å². The van der Waals surface area contributed by atoms with Gasteiger partial charge < -0.3 is 15.0 Å². The summed E-state index contributed by atoms with van der Waals surface area (Å²) in [4.78, 5) is 12.4. The second-order valence-corrected chi connectivity index (χ2v) is 4.88. The van der Waals surface area contributed by atoms with Crippen LogP contribution in [0.25, 0.3) is 0 Å². The first-order valence-corrected chi connectivity index (χ1v) is 6.99. The highest BCUT2D eigenvalue weighted by molar-refractivity contribution is 5.47. The molecule has 1 aromatic rings. The average Bonchev–Trinajstić information content (AvgIpc) is 2.49. The van der Waals surface area contributed by atoms with Crippen molar-refractivity contribution in [1.82, 2.24) is 10.2 Å². The van der Waals surface area contributed by atoms with E-state index in [1.54, 1.807) is 0 Å². The molecular formula is C15H22N2O2. The van der Waals surface area contributed by atoms with E-state index in [2.05, 4.69) is 5.32 Å². The van der Waals surface area contributed by atoms with Gasteiger partial charge in [-0.25, -0.2) is 0 Å². The van der Waals surface area contributed by atoms with Gasteiger partial charge in [-0.2, -0.15) is 0 Å². The van der Waals surface area contributed by atoms with Gasteiger partial charge in [-0.15, -0.1) is 0 Å². The van der Waals surface area contributed by atoms with Crippen LogP contribution in [0.2, 0.25) is 0 Å². The van der Waals surface area contributed by atoms with Gasteiger partial charge >= 0.3 is 0 Å². The summed E-state index contributed by atoms with van der Waals surface area (Å²) in [6, 6.07) is 10.4. The summed E-state index contributed by atoms with van der Waals surface area (Å²) in [6.45, 7) is 3.46. The molecular weight excluding hydrogens is 240 g/mol. The van der Waals surface area contributed by atoms with Gasteiger partial charge in [0.05, 0.1) is 6.61 Å². The molecule has 1 heterocycles. The van der Waals surface area contributed by atoms with Crippen LogP contribution < -0.4 is 10.1 Å². The van der Waals surface area contributed by atoms with Crippen molar-refractivity contribution in [3.05, 3.63) is 30.3 Å². The van der Waals surface area contributed by atoms with Crippen LogP contribution in [0.3, 0.4) is 0 Å². The summed E-state index contributed by atoms with van der Waals surface area (Å²) < 4.78 is 5.64. The van der Waals surface area contributed by atoms with Gasteiger partial charge in [0.1, 0.15) is 5.75 Å². The summed E-state index contributed by atoms with van der Waals surface area (Å²) >= 11 is 0. The molecule has 4 nitrogen and oxygen atoms in total. The fourth-order valence-corrected chi connectivity index (χ4v) is 2.29. The zero-order chi connectivity index (χ0) is 13.3. The molecule has 1 aliphatic heterocycles. The Kier molecular flexibility index (Phi) is 5.69.